The minimum atomic E-state index is -0.477. The molecular weight excluding hydrogens is 156 g/mol. The molecule has 4 heteroatoms. The summed E-state index contributed by atoms with van der Waals surface area (Å²) in [7, 11) is 0. The maximum absolute atomic E-state index is 8.56. The molecule has 3 atom stereocenters. The largest absolute Gasteiger partial charge is 0.348 e. The van der Waals surface area contributed by atoms with Crippen LogP contribution in [0.1, 0.15) is 13.8 Å². The van der Waals surface area contributed by atoms with Gasteiger partial charge >= 0.3 is 0 Å². The Morgan fingerprint density at radius 3 is 2.75 bits per heavy atom. The Balaban J connectivity index is 1.90. The van der Waals surface area contributed by atoms with Crippen LogP contribution in [0.25, 0.3) is 0 Å². The Morgan fingerprint density at radius 2 is 2.33 bits per heavy atom. The summed E-state index contributed by atoms with van der Waals surface area (Å²) in [6.07, 6.45) is 0.0460. The molecule has 0 aromatic carbocycles. The van der Waals surface area contributed by atoms with Crippen LogP contribution < -0.4 is 5.32 Å². The van der Waals surface area contributed by atoms with Gasteiger partial charge in [0.1, 0.15) is 12.1 Å². The summed E-state index contributed by atoms with van der Waals surface area (Å²) in [5.74, 6) is -0.477. The van der Waals surface area contributed by atoms with Gasteiger partial charge in [0.05, 0.1) is 18.7 Å². The van der Waals surface area contributed by atoms with E-state index in [1.54, 1.807) is 0 Å². The highest BCUT2D eigenvalue weighted by molar-refractivity contribution is 5.15. The van der Waals surface area contributed by atoms with E-state index in [1.807, 2.05) is 13.8 Å². The Bertz CT molecular complexity index is 234. The number of nitrogens with zero attached hydrogens (tertiary/aromatic N) is 1. The van der Waals surface area contributed by atoms with E-state index < -0.39 is 5.79 Å². The third-order valence-electron chi connectivity index (χ3n) is 2.19. The molecule has 0 bridgehead atoms. The van der Waals surface area contributed by atoms with Crippen LogP contribution in [0.3, 0.4) is 0 Å². The van der Waals surface area contributed by atoms with Crippen LogP contribution >= 0.6 is 0 Å². The summed E-state index contributed by atoms with van der Waals surface area (Å²) in [5.41, 5.74) is 0. The second-order valence-corrected chi connectivity index (χ2v) is 3.67. The zero-order valence-electron chi connectivity index (χ0n) is 7.20. The number of rotatable bonds is 1. The average Bonchev–Trinajstić information content (AvgIpc) is 2.70. The predicted octanol–water partition coefficient (Wildman–Crippen LogP) is 0.00188. The van der Waals surface area contributed by atoms with Gasteiger partial charge in [-0.15, -0.1) is 0 Å². The molecule has 0 radical (unpaired) electrons. The summed E-state index contributed by atoms with van der Waals surface area (Å²) in [6.45, 7) is 4.36. The van der Waals surface area contributed by atoms with Gasteiger partial charge in [-0.3, -0.25) is 5.32 Å². The van der Waals surface area contributed by atoms with Crippen molar-refractivity contribution in [3.05, 3.63) is 0 Å². The fraction of sp³-hybridized carbons (Fsp3) is 0.875. The van der Waals surface area contributed by atoms with Crippen molar-refractivity contribution in [2.45, 2.75) is 37.8 Å². The number of hydrogen-bond donors (Lipinski definition) is 1. The Kier molecular flexibility index (Phi) is 1.62. The summed E-state index contributed by atoms with van der Waals surface area (Å²) >= 11 is 0. The van der Waals surface area contributed by atoms with Gasteiger partial charge in [0.2, 0.25) is 0 Å². The van der Waals surface area contributed by atoms with Crippen molar-refractivity contribution in [3.8, 4) is 6.07 Å². The maximum Gasteiger partial charge on any atom is 0.163 e. The van der Waals surface area contributed by atoms with E-state index in [9.17, 15) is 0 Å². The lowest BCUT2D eigenvalue weighted by Gasteiger charge is -2.16. The first kappa shape index (κ1) is 7.99. The predicted molar refractivity (Wildman–Crippen MR) is 41.2 cm³/mol. The summed E-state index contributed by atoms with van der Waals surface area (Å²) in [5, 5.41) is 11.6. The lowest BCUT2D eigenvalue weighted by atomic mass is 10.2. The van der Waals surface area contributed by atoms with Crippen LogP contribution in [-0.2, 0) is 9.47 Å². The molecule has 2 rings (SSSR count). The van der Waals surface area contributed by atoms with Crippen molar-refractivity contribution < 1.29 is 9.47 Å². The monoisotopic (exact) mass is 168 g/mol. The third kappa shape index (κ3) is 1.31. The summed E-state index contributed by atoms with van der Waals surface area (Å²) < 4.78 is 10.9. The van der Waals surface area contributed by atoms with Crippen LogP contribution in [0.5, 0.6) is 0 Å². The van der Waals surface area contributed by atoms with E-state index in [4.69, 9.17) is 14.7 Å². The number of ether oxygens (including phenoxy) is 2. The Hall–Kier alpha value is -0.630. The van der Waals surface area contributed by atoms with Crippen molar-refractivity contribution in [1.82, 2.24) is 5.32 Å². The first-order valence-corrected chi connectivity index (χ1v) is 4.10. The molecule has 66 valence electrons. The molecule has 0 aliphatic carbocycles. The lowest BCUT2D eigenvalue weighted by molar-refractivity contribution is -0.138. The van der Waals surface area contributed by atoms with Crippen LogP contribution in [0.4, 0.5) is 0 Å². The number of nitriles is 1. The summed E-state index contributed by atoms with van der Waals surface area (Å²) in [6, 6.07) is 2.29. The van der Waals surface area contributed by atoms with E-state index in [0.717, 1.165) is 0 Å². The van der Waals surface area contributed by atoms with Gasteiger partial charge in [0, 0.05) is 0 Å². The highest BCUT2D eigenvalue weighted by Gasteiger charge is 2.48. The highest BCUT2D eigenvalue weighted by Crippen LogP contribution is 2.29. The Labute approximate surface area is 71.5 Å². The second-order valence-electron chi connectivity index (χ2n) is 3.67. The standard InChI is InChI=1S/C8H12N2O2/c1-8(2)11-4-6(12-8)7-5(3-9)10-7/h5-7,10H,4H2,1-2H3/t5-,6+,7+/m0/s1. The van der Waals surface area contributed by atoms with E-state index >= 15 is 0 Å². The molecule has 0 amide bonds. The molecule has 2 fully saturated rings. The van der Waals surface area contributed by atoms with E-state index in [-0.39, 0.29) is 18.2 Å². The zero-order valence-corrected chi connectivity index (χ0v) is 7.20. The molecule has 2 saturated heterocycles. The van der Waals surface area contributed by atoms with Gasteiger partial charge in [0.15, 0.2) is 5.79 Å². The lowest BCUT2D eigenvalue weighted by Crippen LogP contribution is -2.25. The average molecular weight is 168 g/mol. The molecule has 0 aromatic rings. The summed E-state index contributed by atoms with van der Waals surface area (Å²) in [4.78, 5) is 0. The quantitative estimate of drug-likeness (QED) is 0.560. The van der Waals surface area contributed by atoms with Crippen LogP contribution in [0.15, 0.2) is 0 Å². The Morgan fingerprint density at radius 1 is 1.58 bits per heavy atom. The number of nitrogens with one attached hydrogen (secondary N) is 1. The minimum absolute atomic E-state index is 0.0347. The van der Waals surface area contributed by atoms with Gasteiger partial charge in [-0.25, -0.2) is 0 Å². The SMILES string of the molecule is CC1(C)OC[C@H]([C@@H]2N[C@H]2C#N)O1. The van der Waals surface area contributed by atoms with Crippen molar-refractivity contribution in [2.75, 3.05) is 6.61 Å². The molecule has 12 heavy (non-hydrogen) atoms. The van der Waals surface area contributed by atoms with Crippen molar-refractivity contribution >= 4 is 0 Å². The van der Waals surface area contributed by atoms with Gasteiger partial charge < -0.3 is 9.47 Å². The van der Waals surface area contributed by atoms with Crippen molar-refractivity contribution in [1.29, 1.82) is 5.26 Å². The molecule has 1 N–H and O–H groups in total. The molecular formula is C8H12N2O2. The van der Waals surface area contributed by atoms with Crippen LogP contribution in [0.2, 0.25) is 0 Å². The molecule has 2 aliphatic heterocycles. The maximum atomic E-state index is 8.56. The minimum Gasteiger partial charge on any atom is -0.348 e. The molecule has 0 aromatic heterocycles. The van der Waals surface area contributed by atoms with E-state index in [0.29, 0.717) is 6.61 Å². The molecule has 0 saturated carbocycles. The van der Waals surface area contributed by atoms with Crippen LogP contribution in [0, 0.1) is 11.3 Å². The molecule has 2 heterocycles. The van der Waals surface area contributed by atoms with E-state index in [1.165, 1.54) is 0 Å². The normalized spacial score (nSPS) is 43.9. The zero-order chi connectivity index (χ0) is 8.77. The van der Waals surface area contributed by atoms with Gasteiger partial charge in [0.25, 0.3) is 0 Å². The molecule has 0 unspecified atom stereocenters. The topological polar surface area (TPSA) is 64.2 Å². The van der Waals surface area contributed by atoms with Gasteiger partial charge in [-0.05, 0) is 13.8 Å². The second kappa shape index (κ2) is 2.43. The highest BCUT2D eigenvalue weighted by atomic mass is 16.7. The van der Waals surface area contributed by atoms with Crippen molar-refractivity contribution in [2.24, 2.45) is 0 Å². The molecule has 0 spiro atoms. The van der Waals surface area contributed by atoms with Gasteiger partial charge in [-0.1, -0.05) is 0 Å². The first-order valence-electron chi connectivity index (χ1n) is 4.10. The van der Waals surface area contributed by atoms with Crippen LogP contribution in [-0.4, -0.2) is 30.6 Å². The molecule has 2 aliphatic rings. The number of hydrogen-bond acceptors (Lipinski definition) is 4. The molecule has 4 nitrogen and oxygen atoms in total. The smallest absolute Gasteiger partial charge is 0.163 e. The fourth-order valence-corrected chi connectivity index (χ4v) is 1.48. The third-order valence-corrected chi connectivity index (χ3v) is 2.19. The van der Waals surface area contributed by atoms with Crippen molar-refractivity contribution in [3.63, 3.8) is 0 Å². The first-order chi connectivity index (χ1) is 5.62. The van der Waals surface area contributed by atoms with Gasteiger partial charge in [-0.2, -0.15) is 5.26 Å². The van der Waals surface area contributed by atoms with E-state index in [2.05, 4.69) is 11.4 Å². The fourth-order valence-electron chi connectivity index (χ4n) is 1.48.